The quantitative estimate of drug-likeness (QED) is 0.931. The maximum atomic E-state index is 12.1. The molecule has 0 saturated heterocycles. The van der Waals surface area contributed by atoms with Gasteiger partial charge in [-0.1, -0.05) is 15.9 Å². The second-order valence-corrected chi connectivity index (χ2v) is 6.85. The van der Waals surface area contributed by atoms with Crippen molar-refractivity contribution in [1.29, 1.82) is 0 Å². The zero-order chi connectivity index (χ0) is 14.2. The summed E-state index contributed by atoms with van der Waals surface area (Å²) in [7, 11) is -1.91. The Morgan fingerprint density at radius 2 is 1.84 bits per heavy atom. The molecule has 0 spiro atoms. The first-order valence-corrected chi connectivity index (χ1v) is 7.85. The van der Waals surface area contributed by atoms with Gasteiger partial charge in [0.05, 0.1) is 6.20 Å². The molecule has 0 saturated carbocycles. The summed E-state index contributed by atoms with van der Waals surface area (Å²) in [6.45, 7) is 3.83. The molecule has 1 N–H and O–H groups in total. The lowest BCUT2D eigenvalue weighted by Crippen LogP contribution is -2.12. The fourth-order valence-electron chi connectivity index (χ4n) is 1.76. The average molecular weight is 344 g/mol. The summed E-state index contributed by atoms with van der Waals surface area (Å²) in [4.78, 5) is 0.147. The molecule has 0 aliphatic heterocycles. The van der Waals surface area contributed by atoms with Gasteiger partial charge in [0.25, 0.3) is 10.0 Å². The number of anilines is 1. The fraction of sp³-hybridized carbons (Fsp3) is 0.250. The summed E-state index contributed by atoms with van der Waals surface area (Å²) in [5, 5.41) is 3.86. The number of halogens is 1. The SMILES string of the molecule is Cc1cc(NS(=O)(=O)c2cnn(C)c2)cc(C)c1Br. The minimum atomic E-state index is -3.59. The summed E-state index contributed by atoms with van der Waals surface area (Å²) in [5.74, 6) is 0. The number of sulfonamides is 1. The van der Waals surface area contributed by atoms with Crippen LogP contribution in [-0.2, 0) is 17.1 Å². The van der Waals surface area contributed by atoms with Gasteiger partial charge in [0.2, 0.25) is 0 Å². The normalized spacial score (nSPS) is 11.6. The molecule has 0 aliphatic rings. The number of hydrogen-bond acceptors (Lipinski definition) is 3. The van der Waals surface area contributed by atoms with Gasteiger partial charge in [-0.15, -0.1) is 0 Å². The van der Waals surface area contributed by atoms with Gasteiger partial charge in [-0.05, 0) is 37.1 Å². The van der Waals surface area contributed by atoms with Crippen molar-refractivity contribution in [3.8, 4) is 0 Å². The van der Waals surface area contributed by atoms with Crippen LogP contribution in [0.15, 0.2) is 33.9 Å². The maximum absolute atomic E-state index is 12.1. The molecule has 5 nitrogen and oxygen atoms in total. The van der Waals surface area contributed by atoms with Gasteiger partial charge in [-0.2, -0.15) is 5.10 Å². The van der Waals surface area contributed by atoms with Crippen LogP contribution in [0.4, 0.5) is 5.69 Å². The molecule has 7 heteroatoms. The van der Waals surface area contributed by atoms with Gasteiger partial charge >= 0.3 is 0 Å². The molecule has 0 aliphatic carbocycles. The standard InChI is InChI=1S/C12H14BrN3O2S/c1-8-4-10(5-9(2)12(8)13)15-19(17,18)11-6-14-16(3)7-11/h4-7,15H,1-3H3. The van der Waals surface area contributed by atoms with Crippen molar-refractivity contribution in [2.45, 2.75) is 18.7 Å². The second kappa shape index (κ2) is 4.97. The van der Waals surface area contributed by atoms with E-state index in [1.165, 1.54) is 17.1 Å². The summed E-state index contributed by atoms with van der Waals surface area (Å²) in [5.41, 5.74) is 2.50. The second-order valence-electron chi connectivity index (χ2n) is 4.38. The maximum Gasteiger partial charge on any atom is 0.265 e. The molecule has 1 heterocycles. The third-order valence-electron chi connectivity index (χ3n) is 2.68. The molecule has 2 rings (SSSR count). The Hall–Kier alpha value is -1.34. The van der Waals surface area contributed by atoms with Crippen molar-refractivity contribution in [1.82, 2.24) is 9.78 Å². The smallest absolute Gasteiger partial charge is 0.265 e. The van der Waals surface area contributed by atoms with Crippen molar-refractivity contribution in [3.63, 3.8) is 0 Å². The van der Waals surface area contributed by atoms with Crippen LogP contribution < -0.4 is 4.72 Å². The Morgan fingerprint density at radius 1 is 1.26 bits per heavy atom. The minimum absolute atomic E-state index is 0.147. The predicted molar refractivity (Wildman–Crippen MR) is 77.6 cm³/mol. The van der Waals surface area contributed by atoms with Crippen molar-refractivity contribution < 1.29 is 8.42 Å². The summed E-state index contributed by atoms with van der Waals surface area (Å²) in [6, 6.07) is 3.57. The highest BCUT2D eigenvalue weighted by Gasteiger charge is 2.16. The van der Waals surface area contributed by atoms with E-state index in [9.17, 15) is 8.42 Å². The lowest BCUT2D eigenvalue weighted by molar-refractivity contribution is 0.601. The van der Waals surface area contributed by atoms with Gasteiger partial charge in [0, 0.05) is 23.4 Å². The molecular weight excluding hydrogens is 330 g/mol. The molecule has 0 radical (unpaired) electrons. The van der Waals surface area contributed by atoms with Crippen molar-refractivity contribution in [3.05, 3.63) is 40.1 Å². The molecule has 0 fully saturated rings. The minimum Gasteiger partial charge on any atom is -0.280 e. The van der Waals surface area contributed by atoms with Gasteiger partial charge in [-0.25, -0.2) is 8.42 Å². The Labute approximate surface area is 120 Å². The van der Waals surface area contributed by atoms with E-state index in [0.717, 1.165) is 15.6 Å². The number of benzene rings is 1. The van der Waals surface area contributed by atoms with Crippen molar-refractivity contribution in [2.75, 3.05) is 4.72 Å². The zero-order valence-electron chi connectivity index (χ0n) is 10.8. The number of hydrogen-bond donors (Lipinski definition) is 1. The van der Waals surface area contributed by atoms with E-state index in [1.807, 2.05) is 13.8 Å². The first-order chi connectivity index (χ1) is 8.79. The molecule has 102 valence electrons. The molecular formula is C12H14BrN3O2S. The van der Waals surface area contributed by atoms with Crippen LogP contribution >= 0.6 is 15.9 Å². The molecule has 0 bridgehead atoms. The lowest BCUT2D eigenvalue weighted by Gasteiger charge is -2.10. The monoisotopic (exact) mass is 343 g/mol. The van der Waals surface area contributed by atoms with Crippen LogP contribution in [0.2, 0.25) is 0 Å². The number of aryl methyl sites for hydroxylation is 3. The van der Waals surface area contributed by atoms with E-state index in [0.29, 0.717) is 5.69 Å². The molecule has 1 aromatic heterocycles. The van der Waals surface area contributed by atoms with Crippen molar-refractivity contribution >= 4 is 31.6 Å². The van der Waals surface area contributed by atoms with E-state index in [-0.39, 0.29) is 4.90 Å². The highest BCUT2D eigenvalue weighted by Crippen LogP contribution is 2.26. The van der Waals surface area contributed by atoms with Gasteiger partial charge in [0.15, 0.2) is 0 Å². The molecule has 0 unspecified atom stereocenters. The number of nitrogens with one attached hydrogen (secondary N) is 1. The highest BCUT2D eigenvalue weighted by atomic mass is 79.9. The summed E-state index contributed by atoms with van der Waals surface area (Å²) in [6.07, 6.45) is 2.78. The third kappa shape index (κ3) is 2.98. The van der Waals surface area contributed by atoms with Crippen LogP contribution in [0, 0.1) is 13.8 Å². The average Bonchev–Trinajstić information content (AvgIpc) is 2.73. The summed E-state index contributed by atoms with van der Waals surface area (Å²) < 4.78 is 29.3. The van der Waals surface area contributed by atoms with Crippen LogP contribution in [-0.4, -0.2) is 18.2 Å². The molecule has 1 aromatic carbocycles. The largest absolute Gasteiger partial charge is 0.280 e. The fourth-order valence-corrected chi connectivity index (χ4v) is 3.01. The van der Waals surface area contributed by atoms with Crippen LogP contribution in [0.25, 0.3) is 0 Å². The summed E-state index contributed by atoms with van der Waals surface area (Å²) >= 11 is 3.45. The molecule has 19 heavy (non-hydrogen) atoms. The van der Waals surface area contributed by atoms with Gasteiger partial charge in [-0.3, -0.25) is 9.40 Å². The molecule has 2 aromatic rings. The van der Waals surface area contributed by atoms with Gasteiger partial charge < -0.3 is 0 Å². The number of rotatable bonds is 3. The van der Waals surface area contributed by atoms with Crippen LogP contribution in [0.1, 0.15) is 11.1 Å². The van der Waals surface area contributed by atoms with E-state index in [4.69, 9.17) is 0 Å². The highest BCUT2D eigenvalue weighted by molar-refractivity contribution is 9.10. The molecule has 0 atom stereocenters. The first kappa shape index (κ1) is 14.1. The molecule has 0 amide bonds. The third-order valence-corrected chi connectivity index (χ3v) is 5.27. The van der Waals surface area contributed by atoms with Crippen molar-refractivity contribution in [2.24, 2.45) is 7.05 Å². The number of aromatic nitrogens is 2. The van der Waals surface area contributed by atoms with Crippen LogP contribution in [0.3, 0.4) is 0 Å². The van der Waals surface area contributed by atoms with Crippen LogP contribution in [0.5, 0.6) is 0 Å². The zero-order valence-corrected chi connectivity index (χ0v) is 13.2. The predicted octanol–water partition coefficient (Wildman–Crippen LogP) is 2.60. The van der Waals surface area contributed by atoms with E-state index < -0.39 is 10.0 Å². The van der Waals surface area contributed by atoms with E-state index >= 15 is 0 Å². The Kier molecular flexibility index (Phi) is 3.69. The topological polar surface area (TPSA) is 64.0 Å². The lowest BCUT2D eigenvalue weighted by atomic mass is 10.1. The Bertz CT molecular complexity index is 699. The van der Waals surface area contributed by atoms with Gasteiger partial charge in [0.1, 0.15) is 4.90 Å². The van der Waals surface area contributed by atoms with E-state index in [2.05, 4.69) is 25.8 Å². The number of nitrogens with zero attached hydrogens (tertiary/aromatic N) is 2. The first-order valence-electron chi connectivity index (χ1n) is 5.58. The Morgan fingerprint density at radius 3 is 2.32 bits per heavy atom. The van der Waals surface area contributed by atoms with E-state index in [1.54, 1.807) is 19.2 Å². The Balaban J connectivity index is 2.36.